The van der Waals surface area contributed by atoms with Gasteiger partial charge in [-0.1, -0.05) is 43.7 Å². The minimum atomic E-state index is -0.196. The van der Waals surface area contributed by atoms with Crippen LogP contribution < -0.4 is 10.3 Å². The molecule has 4 aromatic rings. The van der Waals surface area contributed by atoms with Gasteiger partial charge in [-0.05, 0) is 60.0 Å². The first-order valence-electron chi connectivity index (χ1n) is 11.2. The van der Waals surface area contributed by atoms with E-state index in [1.54, 1.807) is 10.8 Å². The molecule has 0 N–H and O–H groups in total. The van der Waals surface area contributed by atoms with Crippen LogP contribution in [0.15, 0.2) is 64.1 Å². The lowest BCUT2D eigenvalue weighted by Gasteiger charge is -2.16. The van der Waals surface area contributed by atoms with Crippen molar-refractivity contribution in [2.75, 3.05) is 0 Å². The summed E-state index contributed by atoms with van der Waals surface area (Å²) in [5, 5.41) is 0. The predicted molar refractivity (Wildman–Crippen MR) is 138 cm³/mol. The number of halogens is 1. The van der Waals surface area contributed by atoms with E-state index in [-0.39, 0.29) is 11.5 Å². The third-order valence-corrected chi connectivity index (χ3v) is 6.26. The molecule has 174 valence electrons. The fourth-order valence-corrected chi connectivity index (χ4v) is 4.16. The number of hydrogen-bond acceptors (Lipinski definition) is 5. The number of rotatable bonds is 6. The molecule has 0 atom stereocenters. The summed E-state index contributed by atoms with van der Waals surface area (Å²) in [6.45, 7) is 10.4. The van der Waals surface area contributed by atoms with Gasteiger partial charge in [-0.3, -0.25) is 14.3 Å². The van der Waals surface area contributed by atoms with Gasteiger partial charge in [-0.2, -0.15) is 0 Å². The first-order chi connectivity index (χ1) is 16.2. The van der Waals surface area contributed by atoms with Crippen LogP contribution in [0.5, 0.6) is 5.75 Å². The summed E-state index contributed by atoms with van der Waals surface area (Å²) < 4.78 is 8.01. The van der Waals surface area contributed by atoms with Crippen LogP contribution in [0, 0.1) is 20.8 Å². The molecular formula is C27H27BrN4O2. The van der Waals surface area contributed by atoms with E-state index in [0.717, 1.165) is 28.3 Å². The normalized spacial score (nSPS) is 11.1. The van der Waals surface area contributed by atoms with Crippen molar-refractivity contribution >= 4 is 15.9 Å². The quantitative estimate of drug-likeness (QED) is 0.309. The van der Waals surface area contributed by atoms with Gasteiger partial charge < -0.3 is 4.74 Å². The molecule has 6 nitrogen and oxygen atoms in total. The van der Waals surface area contributed by atoms with E-state index in [9.17, 15) is 4.79 Å². The zero-order valence-corrected chi connectivity index (χ0v) is 21.5. The first-order valence-corrected chi connectivity index (χ1v) is 11.9. The SMILES string of the molecule is Cc1cccc(COc2cc(C)n(-c3ccnc(-c4nc(C(C)C)ncc4C)c3)c(=O)c2Br)c1. The van der Waals surface area contributed by atoms with Crippen LogP contribution in [0.4, 0.5) is 0 Å². The Balaban J connectivity index is 1.70. The van der Waals surface area contributed by atoms with Crippen molar-refractivity contribution in [3.63, 3.8) is 0 Å². The van der Waals surface area contributed by atoms with E-state index in [1.807, 2.05) is 63.4 Å². The molecule has 0 aliphatic rings. The molecule has 3 heterocycles. The number of hydrogen-bond donors (Lipinski definition) is 0. The Morgan fingerprint density at radius 3 is 2.59 bits per heavy atom. The van der Waals surface area contributed by atoms with Gasteiger partial charge in [0.2, 0.25) is 0 Å². The van der Waals surface area contributed by atoms with Crippen LogP contribution in [0.3, 0.4) is 0 Å². The highest BCUT2D eigenvalue weighted by atomic mass is 79.9. The standard InChI is InChI=1S/C27H27BrN4O2/c1-16(2)26-30-14-18(4)25(31-26)22-13-21(9-10-29-22)32-19(5)12-23(24(28)27(32)33)34-15-20-8-6-7-17(3)11-20/h6-14,16H,15H2,1-5H3. The van der Waals surface area contributed by atoms with Crippen molar-refractivity contribution in [1.82, 2.24) is 19.5 Å². The van der Waals surface area contributed by atoms with Gasteiger partial charge in [0.05, 0.1) is 17.1 Å². The van der Waals surface area contributed by atoms with Crippen LogP contribution in [-0.4, -0.2) is 19.5 Å². The molecule has 0 saturated carbocycles. The van der Waals surface area contributed by atoms with Crippen LogP contribution in [0.25, 0.3) is 17.1 Å². The van der Waals surface area contributed by atoms with Gasteiger partial charge in [0.1, 0.15) is 22.7 Å². The average Bonchev–Trinajstić information content (AvgIpc) is 2.81. The Labute approximate surface area is 207 Å². The molecule has 1 aromatic carbocycles. The Morgan fingerprint density at radius 2 is 1.85 bits per heavy atom. The van der Waals surface area contributed by atoms with E-state index in [1.165, 1.54) is 5.56 Å². The molecule has 0 spiro atoms. The van der Waals surface area contributed by atoms with Gasteiger partial charge in [0.15, 0.2) is 0 Å². The molecule has 0 saturated heterocycles. The molecule has 0 aliphatic heterocycles. The highest BCUT2D eigenvalue weighted by Gasteiger charge is 2.16. The molecule has 0 radical (unpaired) electrons. The molecule has 3 aromatic heterocycles. The minimum Gasteiger partial charge on any atom is -0.487 e. The molecule has 34 heavy (non-hydrogen) atoms. The fraction of sp³-hybridized carbons (Fsp3) is 0.259. The summed E-state index contributed by atoms with van der Waals surface area (Å²) in [5.74, 6) is 1.48. The Kier molecular flexibility index (Phi) is 6.93. The van der Waals surface area contributed by atoms with E-state index in [4.69, 9.17) is 9.72 Å². The number of pyridine rings is 2. The van der Waals surface area contributed by atoms with Crippen molar-refractivity contribution in [3.8, 4) is 22.8 Å². The van der Waals surface area contributed by atoms with Crippen LogP contribution in [0.2, 0.25) is 0 Å². The summed E-state index contributed by atoms with van der Waals surface area (Å²) in [4.78, 5) is 27.0. The molecular weight excluding hydrogens is 492 g/mol. The van der Waals surface area contributed by atoms with Gasteiger partial charge in [0.25, 0.3) is 5.56 Å². The lowest BCUT2D eigenvalue weighted by Crippen LogP contribution is -2.22. The molecule has 0 amide bonds. The monoisotopic (exact) mass is 518 g/mol. The van der Waals surface area contributed by atoms with Crippen molar-refractivity contribution in [1.29, 1.82) is 0 Å². The Morgan fingerprint density at radius 1 is 1.06 bits per heavy atom. The summed E-state index contributed by atoms with van der Waals surface area (Å²) >= 11 is 3.46. The molecule has 7 heteroatoms. The van der Waals surface area contributed by atoms with E-state index < -0.39 is 0 Å². The second kappa shape index (κ2) is 9.89. The van der Waals surface area contributed by atoms with Gasteiger partial charge in [0, 0.05) is 30.1 Å². The Bertz CT molecular complexity index is 1410. The van der Waals surface area contributed by atoms with Gasteiger partial charge in [-0.15, -0.1) is 0 Å². The molecule has 0 unspecified atom stereocenters. The van der Waals surface area contributed by atoms with E-state index in [0.29, 0.717) is 28.2 Å². The van der Waals surface area contributed by atoms with Crippen LogP contribution in [-0.2, 0) is 6.61 Å². The number of aryl methyl sites for hydroxylation is 3. The van der Waals surface area contributed by atoms with Crippen LogP contribution in [0.1, 0.15) is 48.0 Å². The van der Waals surface area contributed by atoms with E-state index in [2.05, 4.69) is 45.8 Å². The van der Waals surface area contributed by atoms with Crippen molar-refractivity contribution < 1.29 is 4.74 Å². The molecule has 0 fully saturated rings. The van der Waals surface area contributed by atoms with Crippen molar-refractivity contribution in [2.45, 2.75) is 47.1 Å². The highest BCUT2D eigenvalue weighted by molar-refractivity contribution is 9.10. The summed E-state index contributed by atoms with van der Waals surface area (Å²) in [6.07, 6.45) is 3.52. The zero-order valence-electron chi connectivity index (χ0n) is 20.0. The van der Waals surface area contributed by atoms with Crippen LogP contribution >= 0.6 is 15.9 Å². The average molecular weight is 519 g/mol. The van der Waals surface area contributed by atoms with Crippen molar-refractivity contribution in [2.24, 2.45) is 0 Å². The largest absolute Gasteiger partial charge is 0.487 e. The zero-order chi connectivity index (χ0) is 24.4. The van der Waals surface area contributed by atoms with E-state index >= 15 is 0 Å². The maximum absolute atomic E-state index is 13.3. The highest BCUT2D eigenvalue weighted by Crippen LogP contribution is 2.27. The number of ether oxygens (including phenoxy) is 1. The summed E-state index contributed by atoms with van der Waals surface area (Å²) in [5.41, 5.74) is 5.88. The van der Waals surface area contributed by atoms with Gasteiger partial charge >= 0.3 is 0 Å². The predicted octanol–water partition coefficient (Wildman–Crippen LogP) is 6.08. The molecule has 0 aliphatic carbocycles. The minimum absolute atomic E-state index is 0.196. The first kappa shape index (κ1) is 23.8. The topological polar surface area (TPSA) is 69.9 Å². The smallest absolute Gasteiger partial charge is 0.273 e. The number of benzene rings is 1. The second-order valence-corrected chi connectivity index (χ2v) is 9.49. The third-order valence-electron chi connectivity index (χ3n) is 5.53. The lowest BCUT2D eigenvalue weighted by molar-refractivity contribution is 0.302. The summed E-state index contributed by atoms with van der Waals surface area (Å²) in [7, 11) is 0. The maximum Gasteiger partial charge on any atom is 0.273 e. The maximum atomic E-state index is 13.3. The van der Waals surface area contributed by atoms with Crippen molar-refractivity contribution in [3.05, 3.63) is 97.9 Å². The fourth-order valence-electron chi connectivity index (χ4n) is 3.75. The summed E-state index contributed by atoms with van der Waals surface area (Å²) in [6, 6.07) is 13.7. The number of nitrogens with zero attached hydrogens (tertiary/aromatic N) is 4. The number of aromatic nitrogens is 4. The lowest BCUT2D eigenvalue weighted by atomic mass is 10.1. The van der Waals surface area contributed by atoms with Gasteiger partial charge in [-0.25, -0.2) is 9.97 Å². The molecule has 4 rings (SSSR count). The third kappa shape index (κ3) is 4.94. The Hall–Kier alpha value is -3.32. The molecule has 0 bridgehead atoms. The second-order valence-electron chi connectivity index (χ2n) is 8.70.